The molecule has 0 saturated carbocycles. The molecule has 0 aliphatic carbocycles. The van der Waals surface area contributed by atoms with Crippen LogP contribution in [0.1, 0.15) is 23.2 Å². The number of fused-ring (bicyclic) bond motifs is 1. The number of hydrogen-bond acceptors (Lipinski definition) is 4. The molecule has 1 aliphatic rings. The molecule has 1 heterocycles. The molecule has 0 fully saturated rings. The third-order valence-corrected chi connectivity index (χ3v) is 3.84. The molecule has 4 N–H and O–H groups in total. The van der Waals surface area contributed by atoms with Crippen LogP contribution in [0.3, 0.4) is 0 Å². The Labute approximate surface area is 128 Å². The molecular formula is C13H18ClN3O2S. The van der Waals surface area contributed by atoms with Gasteiger partial charge in [-0.25, -0.2) is 0 Å². The first-order valence-corrected chi connectivity index (χ1v) is 7.24. The number of rotatable bonds is 4. The molecule has 0 spiro atoms. The summed E-state index contributed by atoms with van der Waals surface area (Å²) < 4.78 is 0. The summed E-state index contributed by atoms with van der Waals surface area (Å²) in [5.74, 6) is 0.618. The maximum absolute atomic E-state index is 11.9. The summed E-state index contributed by atoms with van der Waals surface area (Å²) >= 11 is 1.62. The van der Waals surface area contributed by atoms with Gasteiger partial charge < -0.3 is 16.4 Å². The van der Waals surface area contributed by atoms with Crippen molar-refractivity contribution < 1.29 is 9.59 Å². The number of nitrogens with two attached hydrogens (primary N) is 1. The SMILES string of the molecule is Cl.NCCCNC(=O)c1ccc2c(c1)NC(=O)CCS2. The molecule has 2 rings (SSSR count). The zero-order valence-corrected chi connectivity index (χ0v) is 12.6. The van der Waals surface area contributed by atoms with E-state index in [0.717, 1.165) is 22.8 Å². The number of benzene rings is 1. The summed E-state index contributed by atoms with van der Waals surface area (Å²) in [5, 5.41) is 5.62. The first kappa shape index (κ1) is 16.8. The molecule has 1 aromatic carbocycles. The summed E-state index contributed by atoms with van der Waals surface area (Å²) in [5.41, 5.74) is 6.65. The average molecular weight is 316 g/mol. The fraction of sp³-hybridized carbons (Fsp3) is 0.385. The van der Waals surface area contributed by atoms with Gasteiger partial charge in [-0.05, 0) is 31.2 Å². The number of anilines is 1. The van der Waals surface area contributed by atoms with Crippen molar-refractivity contribution in [2.24, 2.45) is 5.73 Å². The summed E-state index contributed by atoms with van der Waals surface area (Å²) in [6.07, 6.45) is 1.25. The molecule has 7 heteroatoms. The molecule has 5 nitrogen and oxygen atoms in total. The molecule has 0 atom stereocenters. The summed E-state index contributed by atoms with van der Waals surface area (Å²) in [4.78, 5) is 24.4. The topological polar surface area (TPSA) is 84.2 Å². The standard InChI is InChI=1S/C13H17N3O2S.ClH/c14-5-1-6-15-13(18)9-2-3-11-10(8-9)16-12(17)4-7-19-11;/h2-3,8H,1,4-7,14H2,(H,15,18)(H,16,17);1H. The minimum absolute atomic E-state index is 0. The Hall–Kier alpha value is -1.24. The van der Waals surface area contributed by atoms with E-state index in [9.17, 15) is 9.59 Å². The van der Waals surface area contributed by atoms with Crippen molar-refractivity contribution in [2.45, 2.75) is 17.7 Å². The lowest BCUT2D eigenvalue weighted by atomic mass is 10.2. The van der Waals surface area contributed by atoms with Gasteiger partial charge in [0.1, 0.15) is 0 Å². The lowest BCUT2D eigenvalue weighted by Gasteiger charge is -2.09. The van der Waals surface area contributed by atoms with Crippen molar-refractivity contribution in [1.29, 1.82) is 0 Å². The average Bonchev–Trinajstić information content (AvgIpc) is 2.58. The fourth-order valence-corrected chi connectivity index (χ4v) is 2.70. The highest BCUT2D eigenvalue weighted by molar-refractivity contribution is 7.99. The second kappa shape index (κ2) is 8.14. The lowest BCUT2D eigenvalue weighted by Crippen LogP contribution is -2.26. The first-order chi connectivity index (χ1) is 9.20. The number of hydrogen-bond donors (Lipinski definition) is 3. The maximum atomic E-state index is 11.9. The Morgan fingerprint density at radius 2 is 2.25 bits per heavy atom. The van der Waals surface area contributed by atoms with Crippen LogP contribution in [0.5, 0.6) is 0 Å². The molecule has 0 bridgehead atoms. The molecule has 0 saturated heterocycles. The first-order valence-electron chi connectivity index (χ1n) is 6.25. The molecule has 110 valence electrons. The number of carbonyl (C=O) groups excluding carboxylic acids is 2. The van der Waals surface area contributed by atoms with Crippen molar-refractivity contribution in [2.75, 3.05) is 24.2 Å². The predicted molar refractivity (Wildman–Crippen MR) is 83.7 cm³/mol. The van der Waals surface area contributed by atoms with E-state index in [2.05, 4.69) is 10.6 Å². The number of thioether (sulfide) groups is 1. The zero-order valence-electron chi connectivity index (χ0n) is 11.0. The normalized spacial score (nSPS) is 13.6. The zero-order chi connectivity index (χ0) is 13.7. The number of halogens is 1. The van der Waals surface area contributed by atoms with Crippen LogP contribution in [0.15, 0.2) is 23.1 Å². The van der Waals surface area contributed by atoms with E-state index in [4.69, 9.17) is 5.73 Å². The van der Waals surface area contributed by atoms with Crippen LogP contribution in [0.4, 0.5) is 5.69 Å². The van der Waals surface area contributed by atoms with E-state index in [-0.39, 0.29) is 24.2 Å². The molecule has 1 aromatic rings. The van der Waals surface area contributed by atoms with E-state index in [1.165, 1.54) is 0 Å². The van der Waals surface area contributed by atoms with Crippen molar-refractivity contribution in [3.8, 4) is 0 Å². The molecule has 1 aliphatic heterocycles. The third-order valence-electron chi connectivity index (χ3n) is 2.77. The maximum Gasteiger partial charge on any atom is 0.251 e. The minimum atomic E-state index is -0.139. The van der Waals surface area contributed by atoms with Crippen LogP contribution in [0, 0.1) is 0 Å². The lowest BCUT2D eigenvalue weighted by molar-refractivity contribution is -0.115. The predicted octanol–water partition coefficient (Wildman–Crippen LogP) is 1.62. The van der Waals surface area contributed by atoms with Gasteiger partial charge in [0.25, 0.3) is 5.91 Å². The van der Waals surface area contributed by atoms with E-state index in [1.807, 2.05) is 6.07 Å². The van der Waals surface area contributed by atoms with E-state index in [1.54, 1.807) is 23.9 Å². The Morgan fingerprint density at radius 1 is 1.45 bits per heavy atom. The summed E-state index contributed by atoms with van der Waals surface area (Å²) in [6.45, 7) is 1.12. The van der Waals surface area contributed by atoms with E-state index < -0.39 is 0 Å². The van der Waals surface area contributed by atoms with Crippen molar-refractivity contribution >= 4 is 41.7 Å². The van der Waals surface area contributed by atoms with E-state index >= 15 is 0 Å². The van der Waals surface area contributed by atoms with Gasteiger partial charge in [0.05, 0.1) is 5.69 Å². The van der Waals surface area contributed by atoms with Gasteiger partial charge in [-0.2, -0.15) is 0 Å². The molecule has 0 radical (unpaired) electrons. The number of carbonyl (C=O) groups is 2. The van der Waals surface area contributed by atoms with Crippen LogP contribution < -0.4 is 16.4 Å². The third kappa shape index (κ3) is 4.40. The molecule has 0 unspecified atom stereocenters. The van der Waals surface area contributed by atoms with E-state index in [0.29, 0.717) is 25.1 Å². The monoisotopic (exact) mass is 315 g/mol. The van der Waals surface area contributed by atoms with Crippen molar-refractivity contribution in [3.63, 3.8) is 0 Å². The molecule has 2 amide bonds. The second-order valence-corrected chi connectivity index (χ2v) is 5.39. The highest BCUT2D eigenvalue weighted by Gasteiger charge is 2.15. The van der Waals surface area contributed by atoms with Crippen LogP contribution >= 0.6 is 24.2 Å². The van der Waals surface area contributed by atoms with Crippen LogP contribution in [-0.2, 0) is 4.79 Å². The van der Waals surface area contributed by atoms with Gasteiger partial charge in [0.2, 0.25) is 5.91 Å². The smallest absolute Gasteiger partial charge is 0.251 e. The number of amides is 2. The Balaban J connectivity index is 0.00000200. The Kier molecular flexibility index (Phi) is 6.84. The van der Waals surface area contributed by atoms with Gasteiger partial charge in [-0.1, -0.05) is 0 Å². The van der Waals surface area contributed by atoms with Crippen LogP contribution in [0.25, 0.3) is 0 Å². The fourth-order valence-electron chi connectivity index (χ4n) is 1.77. The highest BCUT2D eigenvalue weighted by atomic mass is 35.5. The van der Waals surface area contributed by atoms with Gasteiger partial charge >= 0.3 is 0 Å². The number of nitrogens with one attached hydrogen (secondary N) is 2. The summed E-state index contributed by atoms with van der Waals surface area (Å²) in [6, 6.07) is 5.38. The molecule has 20 heavy (non-hydrogen) atoms. The van der Waals surface area contributed by atoms with Crippen LogP contribution in [0.2, 0.25) is 0 Å². The quantitative estimate of drug-likeness (QED) is 0.737. The molecular weight excluding hydrogens is 298 g/mol. The van der Waals surface area contributed by atoms with Crippen molar-refractivity contribution in [1.82, 2.24) is 5.32 Å². The molecule has 0 aromatic heterocycles. The van der Waals surface area contributed by atoms with Crippen LogP contribution in [-0.4, -0.2) is 30.7 Å². The summed E-state index contributed by atoms with van der Waals surface area (Å²) in [7, 11) is 0. The highest BCUT2D eigenvalue weighted by Crippen LogP contribution is 2.31. The second-order valence-electron chi connectivity index (χ2n) is 4.26. The van der Waals surface area contributed by atoms with Gasteiger partial charge in [-0.3, -0.25) is 9.59 Å². The van der Waals surface area contributed by atoms with Gasteiger partial charge in [0.15, 0.2) is 0 Å². The minimum Gasteiger partial charge on any atom is -0.352 e. The van der Waals surface area contributed by atoms with Gasteiger partial charge in [-0.15, -0.1) is 24.2 Å². The largest absolute Gasteiger partial charge is 0.352 e. The Bertz CT molecular complexity index is 497. The Morgan fingerprint density at radius 3 is 3.00 bits per heavy atom. The van der Waals surface area contributed by atoms with Gasteiger partial charge in [0, 0.05) is 29.2 Å². The van der Waals surface area contributed by atoms with Crippen molar-refractivity contribution in [3.05, 3.63) is 23.8 Å².